The number of nitrogens with zero attached hydrogens (tertiary/aromatic N) is 1. The Balaban J connectivity index is 2.68. The van der Waals surface area contributed by atoms with Crippen molar-refractivity contribution in [2.45, 2.75) is 32.4 Å². The molecule has 1 aliphatic heterocycles. The highest BCUT2D eigenvalue weighted by Gasteiger charge is 2.34. The van der Waals surface area contributed by atoms with Gasteiger partial charge in [-0.1, -0.05) is 0 Å². The molecule has 92 valence electrons. The summed E-state index contributed by atoms with van der Waals surface area (Å²) in [6.45, 7) is 6.15. The van der Waals surface area contributed by atoms with Gasteiger partial charge in [0.2, 0.25) is 5.91 Å². The van der Waals surface area contributed by atoms with E-state index in [4.69, 9.17) is 15.2 Å². The third-order valence-corrected chi connectivity index (χ3v) is 2.08. The average molecular weight is 230 g/mol. The molecule has 0 bridgehead atoms. The molecule has 1 saturated heterocycles. The number of primary amides is 1. The highest BCUT2D eigenvalue weighted by molar-refractivity contribution is 5.84. The van der Waals surface area contributed by atoms with Crippen LogP contribution in [0.5, 0.6) is 0 Å². The summed E-state index contributed by atoms with van der Waals surface area (Å²) in [6, 6.07) is -0.733. The highest BCUT2D eigenvalue weighted by Crippen LogP contribution is 2.14. The fourth-order valence-corrected chi connectivity index (χ4v) is 1.38. The first-order valence-corrected chi connectivity index (χ1v) is 5.18. The van der Waals surface area contributed by atoms with Crippen molar-refractivity contribution in [1.82, 2.24) is 4.90 Å². The Morgan fingerprint density at radius 1 is 1.44 bits per heavy atom. The lowest BCUT2D eigenvalue weighted by molar-refractivity contribution is -0.129. The van der Waals surface area contributed by atoms with E-state index in [1.807, 2.05) is 0 Å². The molecule has 1 rings (SSSR count). The van der Waals surface area contributed by atoms with Crippen LogP contribution in [0.1, 0.15) is 20.8 Å². The SMILES string of the molecule is CC(C)(C)OC(=O)N1CCOC[C@@H]1C(N)=O. The normalized spacial score (nSPS) is 21.7. The van der Waals surface area contributed by atoms with E-state index >= 15 is 0 Å². The van der Waals surface area contributed by atoms with Crippen molar-refractivity contribution < 1.29 is 19.1 Å². The molecule has 16 heavy (non-hydrogen) atoms. The number of morpholine rings is 1. The van der Waals surface area contributed by atoms with Crippen LogP contribution in [-0.2, 0) is 14.3 Å². The average Bonchev–Trinajstić information content (AvgIpc) is 2.15. The second-order valence-corrected chi connectivity index (χ2v) is 4.67. The molecule has 1 aliphatic rings. The lowest BCUT2D eigenvalue weighted by Crippen LogP contribution is -2.55. The fraction of sp³-hybridized carbons (Fsp3) is 0.800. The van der Waals surface area contributed by atoms with E-state index in [9.17, 15) is 9.59 Å². The van der Waals surface area contributed by atoms with Gasteiger partial charge in [0.05, 0.1) is 13.2 Å². The number of rotatable bonds is 1. The van der Waals surface area contributed by atoms with Crippen molar-refractivity contribution in [3.8, 4) is 0 Å². The summed E-state index contributed by atoms with van der Waals surface area (Å²) < 4.78 is 10.3. The first kappa shape index (κ1) is 12.8. The van der Waals surface area contributed by atoms with Gasteiger partial charge in [0, 0.05) is 6.54 Å². The van der Waals surface area contributed by atoms with Crippen LogP contribution in [0.15, 0.2) is 0 Å². The maximum Gasteiger partial charge on any atom is 0.411 e. The van der Waals surface area contributed by atoms with E-state index in [-0.39, 0.29) is 6.61 Å². The zero-order chi connectivity index (χ0) is 12.3. The molecule has 0 unspecified atom stereocenters. The zero-order valence-electron chi connectivity index (χ0n) is 9.86. The van der Waals surface area contributed by atoms with Gasteiger partial charge >= 0.3 is 6.09 Å². The number of ether oxygens (including phenoxy) is 2. The van der Waals surface area contributed by atoms with Crippen LogP contribution in [0, 0.1) is 0 Å². The fourth-order valence-electron chi connectivity index (χ4n) is 1.38. The minimum absolute atomic E-state index is 0.134. The Labute approximate surface area is 94.7 Å². The summed E-state index contributed by atoms with van der Waals surface area (Å²) in [4.78, 5) is 24.2. The smallest absolute Gasteiger partial charge is 0.411 e. The first-order chi connectivity index (χ1) is 7.31. The molecule has 0 aromatic rings. The van der Waals surface area contributed by atoms with Gasteiger partial charge in [0.15, 0.2) is 0 Å². The molecule has 0 saturated carbocycles. The van der Waals surface area contributed by atoms with Crippen LogP contribution < -0.4 is 5.73 Å². The van der Waals surface area contributed by atoms with Crippen molar-refractivity contribution in [2.24, 2.45) is 5.73 Å². The largest absolute Gasteiger partial charge is 0.444 e. The van der Waals surface area contributed by atoms with Crippen LogP contribution in [0.2, 0.25) is 0 Å². The van der Waals surface area contributed by atoms with Gasteiger partial charge in [0.1, 0.15) is 11.6 Å². The third kappa shape index (κ3) is 3.37. The zero-order valence-corrected chi connectivity index (χ0v) is 9.86. The van der Waals surface area contributed by atoms with Gasteiger partial charge in [-0.3, -0.25) is 9.69 Å². The predicted molar refractivity (Wildman–Crippen MR) is 56.7 cm³/mol. The molecule has 6 nitrogen and oxygen atoms in total. The summed E-state index contributed by atoms with van der Waals surface area (Å²) in [5.74, 6) is -0.578. The minimum atomic E-state index is -0.733. The molecular weight excluding hydrogens is 212 g/mol. The topological polar surface area (TPSA) is 81.9 Å². The lowest BCUT2D eigenvalue weighted by Gasteiger charge is -2.34. The monoisotopic (exact) mass is 230 g/mol. The maximum absolute atomic E-state index is 11.8. The molecule has 1 atom stereocenters. The van der Waals surface area contributed by atoms with Crippen LogP contribution in [0.4, 0.5) is 4.79 Å². The number of nitrogens with two attached hydrogens (primary N) is 1. The van der Waals surface area contributed by atoms with E-state index in [1.54, 1.807) is 20.8 Å². The molecule has 1 heterocycles. The van der Waals surface area contributed by atoms with Crippen molar-refractivity contribution in [3.05, 3.63) is 0 Å². The van der Waals surface area contributed by atoms with Crippen LogP contribution in [0.25, 0.3) is 0 Å². The van der Waals surface area contributed by atoms with Gasteiger partial charge in [-0.15, -0.1) is 0 Å². The summed E-state index contributed by atoms with van der Waals surface area (Å²) in [6.07, 6.45) is -0.528. The number of hydrogen-bond acceptors (Lipinski definition) is 4. The standard InChI is InChI=1S/C10H18N2O4/c1-10(2,3)16-9(14)12-4-5-15-6-7(12)8(11)13/h7H,4-6H2,1-3H3,(H2,11,13)/t7-/m1/s1. The van der Waals surface area contributed by atoms with Crippen molar-refractivity contribution in [3.63, 3.8) is 0 Å². The Kier molecular flexibility index (Phi) is 3.74. The van der Waals surface area contributed by atoms with Crippen molar-refractivity contribution >= 4 is 12.0 Å². The second kappa shape index (κ2) is 4.69. The van der Waals surface area contributed by atoms with E-state index < -0.39 is 23.6 Å². The van der Waals surface area contributed by atoms with Crippen LogP contribution in [-0.4, -0.2) is 48.3 Å². The molecule has 0 radical (unpaired) electrons. The second-order valence-electron chi connectivity index (χ2n) is 4.67. The summed E-state index contributed by atoms with van der Waals surface area (Å²) in [5, 5.41) is 0. The van der Waals surface area contributed by atoms with Crippen molar-refractivity contribution in [1.29, 1.82) is 0 Å². The van der Waals surface area contributed by atoms with Gasteiger partial charge in [-0.2, -0.15) is 0 Å². The summed E-state index contributed by atoms with van der Waals surface area (Å²) in [7, 11) is 0. The van der Waals surface area contributed by atoms with Crippen LogP contribution >= 0.6 is 0 Å². The van der Waals surface area contributed by atoms with Gasteiger partial charge in [0.25, 0.3) is 0 Å². The number of carbonyl (C=O) groups excluding carboxylic acids is 2. The lowest BCUT2D eigenvalue weighted by atomic mass is 10.2. The molecule has 0 spiro atoms. The molecule has 0 aliphatic carbocycles. The number of carbonyl (C=O) groups is 2. The Bertz CT molecular complexity index is 285. The molecule has 2 N–H and O–H groups in total. The minimum Gasteiger partial charge on any atom is -0.444 e. The first-order valence-electron chi connectivity index (χ1n) is 5.18. The molecule has 0 aromatic heterocycles. The molecule has 1 fully saturated rings. The Hall–Kier alpha value is -1.30. The highest BCUT2D eigenvalue weighted by atomic mass is 16.6. The summed E-state index contributed by atoms with van der Waals surface area (Å²) >= 11 is 0. The van der Waals surface area contributed by atoms with E-state index in [0.717, 1.165) is 0 Å². The maximum atomic E-state index is 11.8. The quantitative estimate of drug-likeness (QED) is 0.693. The number of hydrogen-bond donors (Lipinski definition) is 1. The molecule has 2 amide bonds. The van der Waals surface area contributed by atoms with Crippen LogP contribution in [0.3, 0.4) is 0 Å². The third-order valence-electron chi connectivity index (χ3n) is 2.08. The van der Waals surface area contributed by atoms with E-state index in [2.05, 4.69) is 0 Å². The summed E-state index contributed by atoms with van der Waals surface area (Å²) in [5.41, 5.74) is 4.61. The van der Waals surface area contributed by atoms with E-state index in [0.29, 0.717) is 13.2 Å². The van der Waals surface area contributed by atoms with Gasteiger partial charge in [-0.05, 0) is 20.8 Å². The molecule has 6 heteroatoms. The Morgan fingerprint density at radius 3 is 2.56 bits per heavy atom. The van der Waals surface area contributed by atoms with Crippen molar-refractivity contribution in [2.75, 3.05) is 19.8 Å². The molecular formula is C10H18N2O4. The Morgan fingerprint density at radius 2 is 2.06 bits per heavy atom. The molecule has 0 aromatic carbocycles. The van der Waals surface area contributed by atoms with Gasteiger partial charge < -0.3 is 15.2 Å². The van der Waals surface area contributed by atoms with E-state index in [1.165, 1.54) is 4.90 Å². The number of amides is 2. The van der Waals surface area contributed by atoms with Gasteiger partial charge in [-0.25, -0.2) is 4.79 Å². The predicted octanol–water partition coefficient (Wildman–Crippen LogP) is 0.108.